The lowest BCUT2D eigenvalue weighted by Crippen LogP contribution is -2.07. The van der Waals surface area contributed by atoms with Crippen LogP contribution in [-0.2, 0) is 6.18 Å². The maximum absolute atomic E-state index is 12.4. The van der Waals surface area contributed by atoms with Crippen molar-refractivity contribution < 1.29 is 13.2 Å². The second-order valence-electron chi connectivity index (χ2n) is 2.52. The molecule has 0 atom stereocenters. The highest BCUT2D eigenvalue weighted by Crippen LogP contribution is 2.42. The summed E-state index contributed by atoms with van der Waals surface area (Å²) in [5, 5.41) is 7.07. The molecule has 1 aromatic rings. The smallest absolute Gasteiger partial charge is 0.192 e. The highest BCUT2D eigenvalue weighted by Gasteiger charge is 2.35. The third-order valence-corrected chi connectivity index (χ3v) is 2.93. The minimum absolute atomic E-state index is 0.280. The molecule has 0 aliphatic heterocycles. The first kappa shape index (κ1) is 12.4. The molecule has 0 saturated heterocycles. The summed E-state index contributed by atoms with van der Waals surface area (Å²) in [5.74, 6) is 0. The number of alkyl halides is 3. The monoisotopic (exact) mass is 273 g/mol. The van der Waals surface area contributed by atoms with Gasteiger partial charge in [0.2, 0.25) is 0 Å². The Hall–Kier alpha value is -0.630. The largest absolute Gasteiger partial charge is 0.417 e. The van der Waals surface area contributed by atoms with Crippen LogP contribution >= 0.6 is 34.8 Å². The standard InChI is InChI=1S/C8HCl3F3N/c9-5-3(2-15)1-4(8(12,13)14)6(10)7(5)11/h1H. The second-order valence-corrected chi connectivity index (χ2v) is 3.66. The van der Waals surface area contributed by atoms with E-state index in [1.807, 2.05) is 0 Å². The molecule has 1 nitrogen and oxygen atoms in total. The zero-order valence-corrected chi connectivity index (χ0v) is 9.06. The predicted molar refractivity (Wildman–Crippen MR) is 51.2 cm³/mol. The van der Waals surface area contributed by atoms with Crippen molar-refractivity contribution in [3.63, 3.8) is 0 Å². The summed E-state index contributed by atoms with van der Waals surface area (Å²) in [5.41, 5.74) is -1.53. The van der Waals surface area contributed by atoms with Crippen LogP contribution in [0.2, 0.25) is 15.1 Å². The zero-order chi connectivity index (χ0) is 11.8. The first-order valence-corrected chi connectivity index (χ1v) is 4.57. The van der Waals surface area contributed by atoms with Crippen molar-refractivity contribution in [3.8, 4) is 6.07 Å². The van der Waals surface area contributed by atoms with Gasteiger partial charge in [0, 0.05) is 0 Å². The first-order valence-electron chi connectivity index (χ1n) is 3.43. The molecule has 0 spiro atoms. The Kier molecular flexibility index (Phi) is 3.39. The van der Waals surface area contributed by atoms with Gasteiger partial charge in [-0.2, -0.15) is 18.4 Å². The minimum atomic E-state index is -4.67. The summed E-state index contributed by atoms with van der Waals surface area (Å²) in [6.07, 6.45) is -4.67. The van der Waals surface area contributed by atoms with Crippen molar-refractivity contribution in [1.82, 2.24) is 0 Å². The maximum atomic E-state index is 12.4. The molecule has 0 aliphatic rings. The Morgan fingerprint density at radius 1 is 1.07 bits per heavy atom. The summed E-state index contributed by atoms with van der Waals surface area (Å²) in [7, 11) is 0. The van der Waals surface area contributed by atoms with Gasteiger partial charge >= 0.3 is 6.18 Å². The van der Waals surface area contributed by atoms with Gasteiger partial charge in [0.25, 0.3) is 0 Å². The highest BCUT2D eigenvalue weighted by atomic mass is 35.5. The molecule has 1 aromatic carbocycles. The van der Waals surface area contributed by atoms with Crippen LogP contribution in [0.4, 0.5) is 13.2 Å². The van der Waals surface area contributed by atoms with Crippen molar-refractivity contribution >= 4 is 34.8 Å². The fourth-order valence-corrected chi connectivity index (χ4v) is 1.59. The number of benzene rings is 1. The van der Waals surface area contributed by atoms with Gasteiger partial charge in [-0.3, -0.25) is 0 Å². The van der Waals surface area contributed by atoms with E-state index in [1.165, 1.54) is 6.07 Å². The Labute approximate surface area is 98.0 Å². The predicted octanol–water partition coefficient (Wildman–Crippen LogP) is 4.54. The topological polar surface area (TPSA) is 23.8 Å². The van der Waals surface area contributed by atoms with E-state index in [1.54, 1.807) is 0 Å². The van der Waals surface area contributed by atoms with Gasteiger partial charge in [-0.1, -0.05) is 34.8 Å². The molecule has 0 amide bonds. The summed E-state index contributed by atoms with van der Waals surface area (Å²) in [6.45, 7) is 0. The second kappa shape index (κ2) is 4.09. The molecule has 0 bridgehead atoms. The molecule has 1 rings (SSSR count). The Bertz CT molecular complexity index is 448. The van der Waals surface area contributed by atoms with Gasteiger partial charge in [0.1, 0.15) is 6.07 Å². The van der Waals surface area contributed by atoms with Crippen molar-refractivity contribution in [1.29, 1.82) is 5.26 Å². The van der Waals surface area contributed by atoms with Gasteiger partial charge in [-0.15, -0.1) is 0 Å². The number of hydrogen-bond acceptors (Lipinski definition) is 1. The Balaban J connectivity index is 3.58. The van der Waals surface area contributed by atoms with E-state index in [-0.39, 0.29) is 10.6 Å². The fraction of sp³-hybridized carbons (Fsp3) is 0.125. The molecule has 15 heavy (non-hydrogen) atoms. The molecular formula is C8HCl3F3N. The zero-order valence-electron chi connectivity index (χ0n) is 6.79. The van der Waals surface area contributed by atoms with E-state index in [0.29, 0.717) is 6.07 Å². The molecule has 0 saturated carbocycles. The van der Waals surface area contributed by atoms with Crippen molar-refractivity contribution in [2.75, 3.05) is 0 Å². The number of nitriles is 1. The molecule has 80 valence electrons. The molecule has 0 unspecified atom stereocenters. The van der Waals surface area contributed by atoms with Crippen molar-refractivity contribution in [3.05, 3.63) is 32.3 Å². The molecule has 0 N–H and O–H groups in total. The Morgan fingerprint density at radius 3 is 2.00 bits per heavy atom. The molecule has 0 radical (unpaired) electrons. The van der Waals surface area contributed by atoms with Crippen LogP contribution in [0.3, 0.4) is 0 Å². The quantitative estimate of drug-likeness (QED) is 0.637. The van der Waals surface area contributed by atoms with Gasteiger partial charge in [0.15, 0.2) is 0 Å². The molecule has 0 aromatic heterocycles. The van der Waals surface area contributed by atoms with Crippen LogP contribution in [0.1, 0.15) is 11.1 Å². The lowest BCUT2D eigenvalue weighted by Gasteiger charge is -2.11. The molecule has 0 aliphatic carbocycles. The van der Waals surface area contributed by atoms with E-state index in [2.05, 4.69) is 0 Å². The van der Waals surface area contributed by atoms with Crippen LogP contribution < -0.4 is 0 Å². The summed E-state index contributed by atoms with van der Waals surface area (Å²) in [6, 6.07) is 2.07. The number of rotatable bonds is 0. The molecule has 0 fully saturated rings. The third-order valence-electron chi connectivity index (χ3n) is 1.57. The lowest BCUT2D eigenvalue weighted by molar-refractivity contribution is -0.137. The number of hydrogen-bond donors (Lipinski definition) is 0. The summed E-state index contributed by atoms with van der Waals surface area (Å²) < 4.78 is 37.1. The van der Waals surface area contributed by atoms with Crippen LogP contribution in [0, 0.1) is 11.3 Å². The maximum Gasteiger partial charge on any atom is 0.417 e. The Morgan fingerprint density at radius 2 is 1.60 bits per heavy atom. The normalized spacial score (nSPS) is 11.3. The SMILES string of the molecule is N#Cc1cc(C(F)(F)F)c(Cl)c(Cl)c1Cl. The van der Waals surface area contributed by atoms with Gasteiger partial charge < -0.3 is 0 Å². The lowest BCUT2D eigenvalue weighted by atomic mass is 10.1. The van der Waals surface area contributed by atoms with E-state index in [0.717, 1.165) is 0 Å². The van der Waals surface area contributed by atoms with E-state index in [4.69, 9.17) is 40.1 Å². The number of halogens is 6. The molecule has 0 heterocycles. The van der Waals surface area contributed by atoms with E-state index in [9.17, 15) is 13.2 Å². The average molecular weight is 274 g/mol. The minimum Gasteiger partial charge on any atom is -0.192 e. The third kappa shape index (κ3) is 2.31. The van der Waals surface area contributed by atoms with Gasteiger partial charge in [-0.05, 0) is 6.07 Å². The van der Waals surface area contributed by atoms with Crippen LogP contribution in [-0.4, -0.2) is 0 Å². The van der Waals surface area contributed by atoms with Crippen LogP contribution in [0.25, 0.3) is 0 Å². The van der Waals surface area contributed by atoms with Crippen LogP contribution in [0.15, 0.2) is 6.07 Å². The van der Waals surface area contributed by atoms with E-state index < -0.39 is 21.8 Å². The van der Waals surface area contributed by atoms with Gasteiger partial charge in [-0.25, -0.2) is 0 Å². The van der Waals surface area contributed by atoms with Gasteiger partial charge in [0.05, 0.1) is 26.2 Å². The first-order chi connectivity index (χ1) is 6.79. The number of nitrogens with zero attached hydrogens (tertiary/aromatic N) is 1. The van der Waals surface area contributed by atoms with Crippen molar-refractivity contribution in [2.24, 2.45) is 0 Å². The summed E-state index contributed by atoms with van der Waals surface area (Å²) in [4.78, 5) is 0. The van der Waals surface area contributed by atoms with Crippen molar-refractivity contribution in [2.45, 2.75) is 6.18 Å². The molecule has 7 heteroatoms. The summed E-state index contributed by atoms with van der Waals surface area (Å²) >= 11 is 16.3. The average Bonchev–Trinajstić information content (AvgIpc) is 2.13. The highest BCUT2D eigenvalue weighted by molar-refractivity contribution is 6.48. The molecular weight excluding hydrogens is 273 g/mol. The fourth-order valence-electron chi connectivity index (χ4n) is 0.892. The van der Waals surface area contributed by atoms with Crippen LogP contribution in [0.5, 0.6) is 0 Å². The van der Waals surface area contributed by atoms with E-state index >= 15 is 0 Å².